The highest BCUT2D eigenvalue weighted by Gasteiger charge is 2.28. The monoisotopic (exact) mass is 494 g/mol. The number of rotatable bonds is 10. The Morgan fingerprint density at radius 1 is 1.14 bits per heavy atom. The normalized spacial score (nSPS) is 12.8. The van der Waals surface area contributed by atoms with Gasteiger partial charge in [-0.05, 0) is 54.8 Å². The zero-order chi connectivity index (χ0) is 25.7. The van der Waals surface area contributed by atoms with Crippen molar-refractivity contribution in [1.82, 2.24) is 5.32 Å². The van der Waals surface area contributed by atoms with E-state index in [1.165, 1.54) is 29.2 Å². The number of ketones is 1. The predicted octanol–water partition coefficient (Wildman–Crippen LogP) is 4.38. The number of fused-ring (bicyclic) bond motifs is 1. The van der Waals surface area contributed by atoms with Crippen LogP contribution in [0.3, 0.4) is 0 Å². The first-order valence-electron chi connectivity index (χ1n) is 11.7. The van der Waals surface area contributed by atoms with E-state index < -0.39 is 11.6 Å². The van der Waals surface area contributed by atoms with E-state index in [1.807, 2.05) is 0 Å². The average Bonchev–Trinajstić information content (AvgIpc) is 3.33. The summed E-state index contributed by atoms with van der Waals surface area (Å²) in [6.07, 6.45) is 0.852. The minimum atomic E-state index is -0.563. The molecule has 0 saturated heterocycles. The molecule has 0 saturated carbocycles. The van der Waals surface area contributed by atoms with Crippen molar-refractivity contribution in [2.24, 2.45) is 5.92 Å². The van der Waals surface area contributed by atoms with Crippen LogP contribution in [-0.2, 0) is 11.3 Å². The molecule has 0 fully saturated rings. The fourth-order valence-corrected chi connectivity index (χ4v) is 3.64. The van der Waals surface area contributed by atoms with Crippen LogP contribution >= 0.6 is 0 Å². The van der Waals surface area contributed by atoms with E-state index >= 15 is 0 Å². The molecule has 1 N–H and O–H groups in total. The molecule has 9 heteroatoms. The number of Topliss-reactive ketones (excluding diaryl/α,β-unsaturated/α-hetero) is 1. The van der Waals surface area contributed by atoms with Crippen LogP contribution in [0.1, 0.15) is 46.9 Å². The molecule has 0 aliphatic carbocycles. The van der Waals surface area contributed by atoms with Crippen molar-refractivity contribution in [3.05, 3.63) is 77.5 Å². The zero-order valence-electron chi connectivity index (χ0n) is 20.1. The summed E-state index contributed by atoms with van der Waals surface area (Å²) in [4.78, 5) is 39.1. The van der Waals surface area contributed by atoms with Gasteiger partial charge in [-0.15, -0.1) is 0 Å². The number of furan rings is 1. The Morgan fingerprint density at radius 2 is 1.94 bits per heavy atom. The number of amides is 2. The van der Waals surface area contributed by atoms with Crippen molar-refractivity contribution in [3.63, 3.8) is 0 Å². The van der Waals surface area contributed by atoms with Gasteiger partial charge < -0.3 is 19.2 Å². The van der Waals surface area contributed by atoms with Gasteiger partial charge in [-0.2, -0.15) is 0 Å². The van der Waals surface area contributed by atoms with Gasteiger partial charge >= 0.3 is 0 Å². The molecule has 4 rings (SSSR count). The van der Waals surface area contributed by atoms with Gasteiger partial charge in [0.05, 0.1) is 12.2 Å². The number of benzene rings is 2. The van der Waals surface area contributed by atoms with E-state index in [4.69, 9.17) is 13.9 Å². The molecule has 0 atom stereocenters. The summed E-state index contributed by atoms with van der Waals surface area (Å²) in [5.74, 6) is -0.163. The van der Waals surface area contributed by atoms with Crippen LogP contribution in [-0.4, -0.2) is 37.4 Å². The SMILES string of the molecule is CC(C)CCNC(=O)c1ccc(CN2C(=O)COc3ccc(C(=O)COc4ccccc4F)cc32)o1. The molecule has 1 aliphatic rings. The van der Waals surface area contributed by atoms with E-state index in [9.17, 15) is 18.8 Å². The summed E-state index contributed by atoms with van der Waals surface area (Å²) < 4.78 is 30.3. The van der Waals surface area contributed by atoms with Gasteiger partial charge in [0.2, 0.25) is 0 Å². The van der Waals surface area contributed by atoms with Crippen molar-refractivity contribution in [2.45, 2.75) is 26.8 Å². The number of anilines is 1. The Hall–Kier alpha value is -4.14. The Morgan fingerprint density at radius 3 is 2.72 bits per heavy atom. The van der Waals surface area contributed by atoms with Gasteiger partial charge in [0.1, 0.15) is 11.5 Å². The minimum absolute atomic E-state index is 0.0224. The lowest BCUT2D eigenvalue weighted by Crippen LogP contribution is -2.38. The second-order valence-electron chi connectivity index (χ2n) is 8.80. The maximum atomic E-state index is 13.8. The first-order chi connectivity index (χ1) is 17.3. The summed E-state index contributed by atoms with van der Waals surface area (Å²) in [5, 5.41) is 2.81. The second kappa shape index (κ2) is 11.1. The van der Waals surface area contributed by atoms with Crippen molar-refractivity contribution >= 4 is 23.3 Å². The largest absolute Gasteiger partial charge is 0.482 e. The van der Waals surface area contributed by atoms with Gasteiger partial charge in [-0.25, -0.2) is 4.39 Å². The molecular weight excluding hydrogens is 467 g/mol. The lowest BCUT2D eigenvalue weighted by Gasteiger charge is -2.29. The molecule has 0 bridgehead atoms. The number of ether oxygens (including phenoxy) is 2. The van der Waals surface area contributed by atoms with Gasteiger partial charge in [0.25, 0.3) is 11.8 Å². The molecule has 3 aromatic rings. The van der Waals surface area contributed by atoms with Crippen LogP contribution in [0.5, 0.6) is 11.5 Å². The Balaban J connectivity index is 1.46. The van der Waals surface area contributed by atoms with Gasteiger partial charge in [-0.1, -0.05) is 26.0 Å². The Kier molecular flexibility index (Phi) is 7.68. The summed E-state index contributed by atoms with van der Waals surface area (Å²) >= 11 is 0. The zero-order valence-corrected chi connectivity index (χ0v) is 20.1. The van der Waals surface area contributed by atoms with E-state index in [1.54, 1.807) is 30.3 Å². The van der Waals surface area contributed by atoms with Crippen LogP contribution in [0.15, 0.2) is 59.0 Å². The summed E-state index contributed by atoms with van der Waals surface area (Å²) in [6.45, 7) is 4.20. The molecule has 8 nitrogen and oxygen atoms in total. The Bertz CT molecular complexity index is 1270. The topological polar surface area (TPSA) is 98.1 Å². The number of nitrogens with zero attached hydrogens (tertiary/aromatic N) is 1. The standard InChI is InChI=1S/C27H27FN2O6/c1-17(2)11-12-29-27(33)25-10-8-19(36-25)14-30-21-13-18(7-9-24(21)35-16-26(30)32)22(31)15-34-23-6-4-3-5-20(23)28/h3-10,13,17H,11-12,14-16H2,1-2H3,(H,29,33). The second-order valence-corrected chi connectivity index (χ2v) is 8.80. The van der Waals surface area contributed by atoms with Crippen LogP contribution < -0.4 is 19.7 Å². The molecule has 0 spiro atoms. The van der Waals surface area contributed by atoms with Crippen molar-refractivity contribution in [3.8, 4) is 11.5 Å². The Labute approximate surface area is 208 Å². The number of carbonyl (C=O) groups excluding carboxylic acids is 3. The molecule has 1 aliphatic heterocycles. The highest BCUT2D eigenvalue weighted by atomic mass is 19.1. The molecular formula is C27H27FN2O6. The van der Waals surface area contributed by atoms with E-state index in [0.29, 0.717) is 29.7 Å². The predicted molar refractivity (Wildman–Crippen MR) is 130 cm³/mol. The highest BCUT2D eigenvalue weighted by Crippen LogP contribution is 2.34. The number of hydrogen-bond acceptors (Lipinski definition) is 6. The number of hydrogen-bond donors (Lipinski definition) is 1. The third-order valence-corrected chi connectivity index (χ3v) is 5.63. The van der Waals surface area contributed by atoms with E-state index in [2.05, 4.69) is 19.2 Å². The molecule has 0 radical (unpaired) electrons. The molecule has 188 valence electrons. The van der Waals surface area contributed by atoms with Crippen LogP contribution in [0.4, 0.5) is 10.1 Å². The number of nitrogens with one attached hydrogen (secondary N) is 1. The lowest BCUT2D eigenvalue weighted by molar-refractivity contribution is -0.121. The number of carbonyl (C=O) groups is 3. The molecule has 36 heavy (non-hydrogen) atoms. The van der Waals surface area contributed by atoms with Crippen LogP contribution in [0.2, 0.25) is 0 Å². The maximum absolute atomic E-state index is 13.8. The van der Waals surface area contributed by atoms with Gasteiger partial charge in [0.15, 0.2) is 36.3 Å². The molecule has 1 aromatic heterocycles. The fraction of sp³-hybridized carbons (Fsp3) is 0.296. The van der Waals surface area contributed by atoms with Gasteiger partial charge in [0, 0.05) is 12.1 Å². The third kappa shape index (κ3) is 5.91. The highest BCUT2D eigenvalue weighted by molar-refractivity contribution is 6.02. The molecule has 2 amide bonds. The maximum Gasteiger partial charge on any atom is 0.286 e. The minimum Gasteiger partial charge on any atom is -0.482 e. The van der Waals surface area contributed by atoms with Crippen molar-refractivity contribution in [1.29, 1.82) is 0 Å². The van der Waals surface area contributed by atoms with Crippen LogP contribution in [0.25, 0.3) is 0 Å². The first kappa shape index (κ1) is 25.0. The van der Waals surface area contributed by atoms with Gasteiger partial charge in [-0.3, -0.25) is 19.3 Å². The van der Waals surface area contributed by atoms with E-state index in [0.717, 1.165) is 6.42 Å². The fourth-order valence-electron chi connectivity index (χ4n) is 3.64. The molecule has 2 heterocycles. The number of para-hydroxylation sites is 1. The van der Waals surface area contributed by atoms with Crippen LogP contribution in [0, 0.1) is 11.7 Å². The number of halogens is 1. The lowest BCUT2D eigenvalue weighted by atomic mass is 10.1. The molecule has 0 unspecified atom stereocenters. The summed E-state index contributed by atoms with van der Waals surface area (Å²) in [6, 6.07) is 13.7. The average molecular weight is 495 g/mol. The van der Waals surface area contributed by atoms with Crippen molar-refractivity contribution in [2.75, 3.05) is 24.7 Å². The first-order valence-corrected chi connectivity index (χ1v) is 11.7. The summed E-state index contributed by atoms with van der Waals surface area (Å²) in [7, 11) is 0. The van der Waals surface area contributed by atoms with Crippen molar-refractivity contribution < 1.29 is 32.7 Å². The third-order valence-electron chi connectivity index (χ3n) is 5.63. The molecule has 2 aromatic carbocycles. The quantitative estimate of drug-likeness (QED) is 0.420. The smallest absolute Gasteiger partial charge is 0.286 e. The summed E-state index contributed by atoms with van der Waals surface area (Å²) in [5.41, 5.74) is 0.667. The van der Waals surface area contributed by atoms with E-state index in [-0.39, 0.29) is 48.6 Å².